The van der Waals surface area contributed by atoms with Gasteiger partial charge in [-0.1, -0.05) is 6.07 Å². The SMILES string of the molecule is COc1ccc(OC)c(NC(=O)CN(C)S(=O)(=O)c2cccs2)c1. The molecule has 1 heterocycles. The first-order chi connectivity index (χ1) is 11.4. The Kier molecular flexibility index (Phi) is 5.81. The van der Waals surface area contributed by atoms with Crippen LogP contribution in [0.4, 0.5) is 5.69 Å². The van der Waals surface area contributed by atoms with Gasteiger partial charge in [0.25, 0.3) is 10.0 Å². The number of benzene rings is 1. The summed E-state index contributed by atoms with van der Waals surface area (Å²) in [7, 11) is 0.668. The van der Waals surface area contributed by atoms with E-state index in [1.807, 2.05) is 0 Å². The number of thiophene rings is 1. The Morgan fingerprint density at radius 1 is 1.25 bits per heavy atom. The second-order valence-corrected chi connectivity index (χ2v) is 8.03. The Bertz CT molecular complexity index is 803. The molecule has 1 amide bonds. The van der Waals surface area contributed by atoms with Crippen LogP contribution in [0.3, 0.4) is 0 Å². The van der Waals surface area contributed by atoms with Crippen molar-refractivity contribution in [2.75, 3.05) is 33.1 Å². The zero-order valence-electron chi connectivity index (χ0n) is 13.5. The summed E-state index contributed by atoms with van der Waals surface area (Å²) in [5.74, 6) is 0.516. The minimum absolute atomic E-state index is 0.191. The largest absolute Gasteiger partial charge is 0.497 e. The van der Waals surface area contributed by atoms with Crippen LogP contribution in [0.2, 0.25) is 0 Å². The lowest BCUT2D eigenvalue weighted by Crippen LogP contribution is -2.34. The summed E-state index contributed by atoms with van der Waals surface area (Å²) in [4.78, 5) is 12.2. The van der Waals surface area contributed by atoms with Crippen LogP contribution >= 0.6 is 11.3 Å². The molecule has 0 aliphatic carbocycles. The molecule has 130 valence electrons. The third-order valence-electron chi connectivity index (χ3n) is 3.21. The molecule has 9 heteroatoms. The van der Waals surface area contributed by atoms with Gasteiger partial charge in [0.15, 0.2) is 0 Å². The van der Waals surface area contributed by atoms with Gasteiger partial charge < -0.3 is 14.8 Å². The molecule has 0 spiro atoms. The summed E-state index contributed by atoms with van der Waals surface area (Å²) < 4.78 is 36.1. The maximum absolute atomic E-state index is 12.3. The lowest BCUT2D eigenvalue weighted by molar-refractivity contribution is -0.116. The van der Waals surface area contributed by atoms with Crippen molar-refractivity contribution in [3.8, 4) is 11.5 Å². The maximum Gasteiger partial charge on any atom is 0.252 e. The molecule has 1 aromatic carbocycles. The first-order valence-corrected chi connectivity index (χ1v) is 9.22. The summed E-state index contributed by atoms with van der Waals surface area (Å²) >= 11 is 1.10. The standard InChI is InChI=1S/C15H18N2O5S2/c1-17(24(19,20)15-5-4-8-23-15)10-14(18)16-12-9-11(21-2)6-7-13(12)22-3/h4-9H,10H2,1-3H3,(H,16,18). The summed E-state index contributed by atoms with van der Waals surface area (Å²) in [5, 5.41) is 4.31. The summed E-state index contributed by atoms with van der Waals surface area (Å²) in [6.45, 7) is -0.319. The van der Waals surface area contributed by atoms with E-state index in [0.717, 1.165) is 15.6 Å². The molecule has 0 saturated heterocycles. The molecule has 24 heavy (non-hydrogen) atoms. The number of ether oxygens (including phenoxy) is 2. The second-order valence-electron chi connectivity index (χ2n) is 4.81. The number of amides is 1. The van der Waals surface area contributed by atoms with E-state index in [4.69, 9.17) is 9.47 Å². The van der Waals surface area contributed by atoms with E-state index >= 15 is 0 Å². The van der Waals surface area contributed by atoms with Crippen molar-refractivity contribution in [1.29, 1.82) is 0 Å². The van der Waals surface area contributed by atoms with Gasteiger partial charge in [-0.2, -0.15) is 4.31 Å². The lowest BCUT2D eigenvalue weighted by atomic mass is 10.2. The maximum atomic E-state index is 12.3. The highest BCUT2D eigenvalue weighted by molar-refractivity contribution is 7.91. The van der Waals surface area contributed by atoms with Crippen LogP contribution < -0.4 is 14.8 Å². The van der Waals surface area contributed by atoms with Crippen molar-refractivity contribution in [3.05, 3.63) is 35.7 Å². The zero-order valence-corrected chi connectivity index (χ0v) is 15.1. The minimum Gasteiger partial charge on any atom is -0.497 e. The van der Waals surface area contributed by atoms with Crippen molar-refractivity contribution < 1.29 is 22.7 Å². The normalized spacial score (nSPS) is 11.3. The third-order valence-corrected chi connectivity index (χ3v) is 6.38. The van der Waals surface area contributed by atoms with E-state index in [1.165, 1.54) is 27.3 Å². The summed E-state index contributed by atoms with van der Waals surface area (Å²) in [5.41, 5.74) is 0.406. The smallest absolute Gasteiger partial charge is 0.252 e. The highest BCUT2D eigenvalue weighted by Crippen LogP contribution is 2.29. The van der Waals surface area contributed by atoms with Crippen LogP contribution in [-0.2, 0) is 14.8 Å². The number of nitrogens with zero attached hydrogens (tertiary/aromatic N) is 1. The van der Waals surface area contributed by atoms with E-state index in [1.54, 1.807) is 29.6 Å². The van der Waals surface area contributed by atoms with Gasteiger partial charge in [0.1, 0.15) is 15.7 Å². The molecule has 1 aromatic heterocycles. The molecule has 2 aromatic rings. The van der Waals surface area contributed by atoms with Crippen molar-refractivity contribution >= 4 is 33.0 Å². The van der Waals surface area contributed by atoms with Crippen LogP contribution in [0.5, 0.6) is 11.5 Å². The van der Waals surface area contributed by atoms with Crippen molar-refractivity contribution in [2.24, 2.45) is 0 Å². The molecule has 0 aliphatic heterocycles. The number of rotatable bonds is 7. The van der Waals surface area contributed by atoms with Gasteiger partial charge in [-0.3, -0.25) is 4.79 Å². The Labute approximate surface area is 144 Å². The third kappa shape index (κ3) is 4.05. The van der Waals surface area contributed by atoms with E-state index in [2.05, 4.69) is 5.32 Å². The van der Waals surface area contributed by atoms with Gasteiger partial charge >= 0.3 is 0 Å². The van der Waals surface area contributed by atoms with Crippen molar-refractivity contribution in [3.63, 3.8) is 0 Å². The fourth-order valence-electron chi connectivity index (χ4n) is 1.95. The fourth-order valence-corrected chi connectivity index (χ4v) is 4.28. The van der Waals surface area contributed by atoms with Gasteiger partial charge in [0.05, 0.1) is 26.5 Å². The van der Waals surface area contributed by atoms with E-state index in [9.17, 15) is 13.2 Å². The topological polar surface area (TPSA) is 84.9 Å². The van der Waals surface area contributed by atoms with Gasteiger partial charge in [-0.15, -0.1) is 11.3 Å². The average molecular weight is 370 g/mol. The van der Waals surface area contributed by atoms with Gasteiger partial charge in [-0.05, 0) is 23.6 Å². The van der Waals surface area contributed by atoms with E-state index in [-0.39, 0.29) is 10.8 Å². The van der Waals surface area contributed by atoms with E-state index < -0.39 is 15.9 Å². The van der Waals surface area contributed by atoms with Crippen LogP contribution in [0.15, 0.2) is 39.9 Å². The number of hydrogen-bond donors (Lipinski definition) is 1. The predicted octanol–water partition coefficient (Wildman–Crippen LogP) is 2.02. The lowest BCUT2D eigenvalue weighted by Gasteiger charge is -2.17. The quantitative estimate of drug-likeness (QED) is 0.806. The molecular formula is C15H18N2O5S2. The number of carbonyl (C=O) groups excluding carboxylic acids is 1. The summed E-state index contributed by atoms with van der Waals surface area (Å²) in [6.07, 6.45) is 0. The van der Waals surface area contributed by atoms with Crippen molar-refractivity contribution in [1.82, 2.24) is 4.31 Å². The highest BCUT2D eigenvalue weighted by Gasteiger charge is 2.24. The minimum atomic E-state index is -3.68. The van der Waals surface area contributed by atoms with Crippen LogP contribution in [0.1, 0.15) is 0 Å². The molecular weight excluding hydrogens is 352 g/mol. The number of sulfonamides is 1. The molecule has 0 fully saturated rings. The highest BCUT2D eigenvalue weighted by atomic mass is 32.2. The monoisotopic (exact) mass is 370 g/mol. The number of carbonyl (C=O) groups is 1. The molecule has 1 N–H and O–H groups in total. The zero-order chi connectivity index (χ0) is 17.7. The molecule has 0 unspecified atom stereocenters. The molecule has 0 bridgehead atoms. The summed E-state index contributed by atoms with van der Waals surface area (Å²) in [6, 6.07) is 8.10. The average Bonchev–Trinajstić information content (AvgIpc) is 3.09. The Morgan fingerprint density at radius 3 is 2.58 bits per heavy atom. The number of nitrogens with one attached hydrogen (secondary N) is 1. The number of anilines is 1. The Morgan fingerprint density at radius 2 is 2.00 bits per heavy atom. The van der Waals surface area contributed by atoms with Gasteiger partial charge in [0, 0.05) is 13.1 Å². The van der Waals surface area contributed by atoms with Crippen LogP contribution in [0, 0.1) is 0 Å². The molecule has 0 aliphatic rings. The van der Waals surface area contributed by atoms with E-state index in [0.29, 0.717) is 17.2 Å². The Balaban J connectivity index is 2.11. The molecule has 2 rings (SSSR count). The van der Waals surface area contributed by atoms with Gasteiger partial charge in [-0.25, -0.2) is 8.42 Å². The number of hydrogen-bond acceptors (Lipinski definition) is 6. The first kappa shape index (κ1) is 18.2. The van der Waals surface area contributed by atoms with Crippen LogP contribution in [-0.4, -0.2) is 46.4 Å². The second kappa shape index (κ2) is 7.65. The first-order valence-electron chi connectivity index (χ1n) is 6.90. The predicted molar refractivity (Wildman–Crippen MR) is 92.3 cm³/mol. The molecule has 0 atom stereocenters. The molecule has 0 saturated carbocycles. The Hall–Kier alpha value is -2.10. The molecule has 0 radical (unpaired) electrons. The van der Waals surface area contributed by atoms with Crippen LogP contribution in [0.25, 0.3) is 0 Å². The van der Waals surface area contributed by atoms with Gasteiger partial charge in [0.2, 0.25) is 5.91 Å². The molecule has 7 nitrogen and oxygen atoms in total. The number of likely N-dealkylation sites (N-methyl/N-ethyl adjacent to an activating group) is 1. The van der Waals surface area contributed by atoms with Crippen molar-refractivity contribution in [2.45, 2.75) is 4.21 Å². The number of methoxy groups -OCH3 is 2. The fraction of sp³-hybridized carbons (Fsp3) is 0.267.